The summed E-state index contributed by atoms with van der Waals surface area (Å²) in [6, 6.07) is 69.5. The molecule has 0 aliphatic heterocycles. The Labute approximate surface area is 427 Å². The van der Waals surface area contributed by atoms with E-state index in [1.54, 1.807) is 0 Å². The number of aromatic nitrogens is 3. The average molecular weight is 955 g/mol. The molecule has 354 valence electrons. The molecule has 5 aromatic heterocycles. The standard InChI is InChI=1S/C68H50N4O2/c1-67(2,3)40-32-34-54-48(37-40)42-19-7-11-26-52(42)71(54)65-62(46-23-17-30-58-60(46)44-21-9-13-28-56(44)73-58)50(39-69)63(51-25-15-16-36-70-51)64(47-24-18-31-59-61(47)45-22-10-14-29-57(45)74-59)66(65)72-53-27-12-8-20-43(53)49-38-41(68(4,5)6)33-35-55(49)72/h7-38H,1-6H3. The van der Waals surface area contributed by atoms with Crippen LogP contribution in [0.5, 0.6) is 0 Å². The van der Waals surface area contributed by atoms with Crippen LogP contribution in [0.4, 0.5) is 0 Å². The maximum absolute atomic E-state index is 12.5. The van der Waals surface area contributed by atoms with Gasteiger partial charge < -0.3 is 18.0 Å². The van der Waals surface area contributed by atoms with Gasteiger partial charge in [-0.15, -0.1) is 0 Å². The molecular weight excluding hydrogens is 905 g/mol. The van der Waals surface area contributed by atoms with E-state index in [1.165, 1.54) is 11.1 Å². The van der Waals surface area contributed by atoms with Crippen molar-refractivity contribution in [2.45, 2.75) is 52.4 Å². The van der Waals surface area contributed by atoms with Gasteiger partial charge in [-0.25, -0.2) is 0 Å². The van der Waals surface area contributed by atoms with Gasteiger partial charge in [0.25, 0.3) is 0 Å². The first-order valence-electron chi connectivity index (χ1n) is 25.4. The number of benzene rings is 9. The highest BCUT2D eigenvalue weighted by atomic mass is 16.3. The van der Waals surface area contributed by atoms with Gasteiger partial charge in [0.1, 0.15) is 28.4 Å². The lowest BCUT2D eigenvalue weighted by Crippen LogP contribution is -2.13. The van der Waals surface area contributed by atoms with E-state index in [2.05, 4.69) is 196 Å². The molecule has 9 aromatic carbocycles. The SMILES string of the molecule is CC(C)(C)c1ccc2c(c1)c1ccccc1n2-c1c(-c2cccc3oc4ccccc4c23)c(C#N)c(-c2ccccn2)c(-c2cccc3oc4ccccc4c23)c1-n1c2ccccc2c2cc(C(C)(C)C)ccc21. The predicted molar refractivity (Wildman–Crippen MR) is 306 cm³/mol. The van der Waals surface area contributed by atoms with Crippen LogP contribution in [0, 0.1) is 11.3 Å². The summed E-state index contributed by atoms with van der Waals surface area (Å²) in [6.07, 6.45) is 1.83. The van der Waals surface area contributed by atoms with Crippen LogP contribution in [0.25, 0.3) is 132 Å². The highest BCUT2D eigenvalue weighted by Crippen LogP contribution is 2.55. The molecule has 0 amide bonds. The van der Waals surface area contributed by atoms with E-state index in [0.29, 0.717) is 11.3 Å². The summed E-state index contributed by atoms with van der Waals surface area (Å²) in [5, 5.41) is 20.8. The predicted octanol–water partition coefficient (Wildman–Crippen LogP) is 18.5. The lowest BCUT2D eigenvalue weighted by molar-refractivity contribution is 0.591. The zero-order valence-electron chi connectivity index (χ0n) is 42.1. The van der Waals surface area contributed by atoms with E-state index in [9.17, 15) is 5.26 Å². The minimum absolute atomic E-state index is 0.111. The lowest BCUT2D eigenvalue weighted by Gasteiger charge is -2.28. The fourth-order valence-corrected chi connectivity index (χ4v) is 11.9. The van der Waals surface area contributed by atoms with E-state index in [1.807, 2.05) is 54.7 Å². The molecule has 0 aliphatic carbocycles. The van der Waals surface area contributed by atoms with Crippen molar-refractivity contribution in [2.24, 2.45) is 0 Å². The maximum Gasteiger partial charge on any atom is 0.136 e. The van der Waals surface area contributed by atoms with Gasteiger partial charge in [0.15, 0.2) is 0 Å². The minimum atomic E-state index is -0.113. The lowest BCUT2D eigenvalue weighted by atomic mass is 9.82. The van der Waals surface area contributed by atoms with E-state index in [0.717, 1.165) is 127 Å². The first-order chi connectivity index (χ1) is 36.0. The number of hydrogen-bond donors (Lipinski definition) is 0. The molecule has 0 fully saturated rings. The van der Waals surface area contributed by atoms with Crippen molar-refractivity contribution >= 4 is 87.5 Å². The molecule has 0 aliphatic rings. The van der Waals surface area contributed by atoms with Crippen LogP contribution in [0.15, 0.2) is 203 Å². The van der Waals surface area contributed by atoms with Crippen molar-refractivity contribution in [3.8, 4) is 51.0 Å². The van der Waals surface area contributed by atoms with Gasteiger partial charge in [-0.2, -0.15) is 5.26 Å². The summed E-state index contributed by atoms with van der Waals surface area (Å²) >= 11 is 0. The number of nitriles is 1. The molecule has 6 nitrogen and oxygen atoms in total. The van der Waals surface area contributed by atoms with Crippen LogP contribution in [-0.2, 0) is 10.8 Å². The van der Waals surface area contributed by atoms with E-state index < -0.39 is 0 Å². The molecule has 14 aromatic rings. The van der Waals surface area contributed by atoms with Gasteiger partial charge in [-0.05, 0) is 106 Å². The number of para-hydroxylation sites is 4. The first-order valence-corrected chi connectivity index (χ1v) is 25.4. The van der Waals surface area contributed by atoms with Crippen molar-refractivity contribution in [1.29, 1.82) is 5.26 Å². The third-order valence-electron chi connectivity index (χ3n) is 15.3. The van der Waals surface area contributed by atoms with Crippen LogP contribution in [0.1, 0.15) is 58.2 Å². The quantitative estimate of drug-likeness (QED) is 0.172. The molecule has 0 saturated carbocycles. The van der Waals surface area contributed by atoms with Crippen molar-refractivity contribution in [3.63, 3.8) is 0 Å². The smallest absolute Gasteiger partial charge is 0.136 e. The molecule has 5 heterocycles. The monoisotopic (exact) mass is 954 g/mol. The molecule has 0 spiro atoms. The highest BCUT2D eigenvalue weighted by molar-refractivity contribution is 6.22. The van der Waals surface area contributed by atoms with Crippen LogP contribution in [-0.4, -0.2) is 14.1 Å². The summed E-state index contributed by atoms with van der Waals surface area (Å²) in [7, 11) is 0. The number of fused-ring (bicyclic) bond motifs is 12. The van der Waals surface area contributed by atoms with Crippen molar-refractivity contribution in [1.82, 2.24) is 14.1 Å². The summed E-state index contributed by atoms with van der Waals surface area (Å²) in [6.45, 7) is 13.6. The molecule has 6 heteroatoms. The van der Waals surface area contributed by atoms with Crippen molar-refractivity contribution < 1.29 is 8.83 Å². The average Bonchev–Trinajstić information content (AvgIpc) is 4.18. The Hall–Kier alpha value is -9.18. The Morgan fingerprint density at radius 1 is 0.405 bits per heavy atom. The molecule has 0 saturated heterocycles. The Kier molecular flexibility index (Phi) is 9.37. The third-order valence-corrected chi connectivity index (χ3v) is 15.3. The summed E-state index contributed by atoms with van der Waals surface area (Å²) in [5.74, 6) is 0. The Morgan fingerprint density at radius 3 is 1.32 bits per heavy atom. The number of rotatable bonds is 5. The fraction of sp³-hybridized carbons (Fsp3) is 0.118. The Balaban J connectivity index is 1.34. The second kappa shape index (κ2) is 15.9. The van der Waals surface area contributed by atoms with E-state index >= 15 is 0 Å². The largest absolute Gasteiger partial charge is 0.456 e. The maximum atomic E-state index is 12.5. The summed E-state index contributed by atoms with van der Waals surface area (Å²) in [5.41, 5.74) is 16.5. The van der Waals surface area contributed by atoms with Crippen molar-refractivity contribution in [3.05, 3.63) is 211 Å². The zero-order chi connectivity index (χ0) is 50.2. The van der Waals surface area contributed by atoms with Crippen LogP contribution in [0.3, 0.4) is 0 Å². The van der Waals surface area contributed by atoms with Gasteiger partial charge in [-0.1, -0.05) is 157 Å². The molecule has 0 bridgehead atoms. The molecule has 0 atom stereocenters. The number of hydrogen-bond acceptors (Lipinski definition) is 4. The minimum Gasteiger partial charge on any atom is -0.456 e. The van der Waals surface area contributed by atoms with Crippen LogP contribution >= 0.6 is 0 Å². The first kappa shape index (κ1) is 43.6. The van der Waals surface area contributed by atoms with E-state index in [4.69, 9.17) is 13.8 Å². The molecule has 0 radical (unpaired) electrons. The second-order valence-electron chi connectivity index (χ2n) is 21.7. The van der Waals surface area contributed by atoms with Gasteiger partial charge in [0.2, 0.25) is 0 Å². The van der Waals surface area contributed by atoms with E-state index in [-0.39, 0.29) is 10.8 Å². The number of nitrogens with zero attached hydrogens (tertiary/aromatic N) is 4. The van der Waals surface area contributed by atoms with Crippen molar-refractivity contribution in [2.75, 3.05) is 0 Å². The number of furan rings is 2. The second-order valence-corrected chi connectivity index (χ2v) is 21.7. The molecular formula is C68H50N4O2. The third kappa shape index (κ3) is 6.33. The molecule has 0 N–H and O–H groups in total. The Morgan fingerprint density at radius 2 is 0.838 bits per heavy atom. The van der Waals surface area contributed by atoms with Crippen LogP contribution < -0.4 is 0 Å². The van der Waals surface area contributed by atoms with Gasteiger partial charge in [-0.3, -0.25) is 4.98 Å². The number of pyridine rings is 1. The normalized spacial score (nSPS) is 12.4. The van der Waals surface area contributed by atoms with Gasteiger partial charge >= 0.3 is 0 Å². The molecule has 14 rings (SSSR count). The Bertz CT molecular complexity index is 4690. The topological polar surface area (TPSA) is 72.8 Å². The fourth-order valence-electron chi connectivity index (χ4n) is 11.9. The highest BCUT2D eigenvalue weighted by Gasteiger charge is 2.35. The van der Waals surface area contributed by atoms with Gasteiger partial charge in [0, 0.05) is 66.0 Å². The molecule has 0 unspecified atom stereocenters. The molecule has 74 heavy (non-hydrogen) atoms. The summed E-state index contributed by atoms with van der Waals surface area (Å²) in [4.78, 5) is 5.21. The summed E-state index contributed by atoms with van der Waals surface area (Å²) < 4.78 is 18.4. The van der Waals surface area contributed by atoms with Gasteiger partial charge in [0.05, 0.1) is 44.7 Å². The zero-order valence-corrected chi connectivity index (χ0v) is 42.1. The van der Waals surface area contributed by atoms with Crippen LogP contribution in [0.2, 0.25) is 0 Å².